The fourth-order valence-corrected chi connectivity index (χ4v) is 2.96. The Hall–Kier alpha value is -3.35. The Bertz CT molecular complexity index is 909. The monoisotopic (exact) mass is 368 g/mol. The summed E-state index contributed by atoms with van der Waals surface area (Å²) in [6, 6.07) is 11.9. The van der Waals surface area contributed by atoms with E-state index in [1.165, 1.54) is 6.07 Å². The highest BCUT2D eigenvalue weighted by atomic mass is 16.5. The Morgan fingerprint density at radius 1 is 1.22 bits per heavy atom. The maximum Gasteiger partial charge on any atom is 0.336 e. The summed E-state index contributed by atoms with van der Waals surface area (Å²) >= 11 is 0. The summed E-state index contributed by atoms with van der Waals surface area (Å²) < 4.78 is 5.58. The Kier molecular flexibility index (Phi) is 5.12. The summed E-state index contributed by atoms with van der Waals surface area (Å²) in [7, 11) is 0. The second-order valence-corrected chi connectivity index (χ2v) is 6.35. The predicted molar refractivity (Wildman–Crippen MR) is 100 cm³/mol. The van der Waals surface area contributed by atoms with Gasteiger partial charge in [-0.1, -0.05) is 18.2 Å². The van der Waals surface area contributed by atoms with Gasteiger partial charge in [-0.3, -0.25) is 9.59 Å². The maximum atomic E-state index is 12.4. The number of nitrogens with one attached hydrogen (secondary N) is 1. The Morgan fingerprint density at radius 3 is 2.70 bits per heavy atom. The maximum absolute atomic E-state index is 12.4. The lowest BCUT2D eigenvalue weighted by molar-refractivity contribution is -0.125. The third-order valence-corrected chi connectivity index (χ3v) is 4.39. The van der Waals surface area contributed by atoms with Crippen LogP contribution in [-0.4, -0.2) is 35.5 Å². The number of hydrogen-bond donors (Lipinski definition) is 2. The van der Waals surface area contributed by atoms with E-state index in [-0.39, 0.29) is 30.3 Å². The average Bonchev–Trinajstić information content (AvgIpc) is 2.63. The molecule has 0 saturated carbocycles. The van der Waals surface area contributed by atoms with Crippen LogP contribution >= 0.6 is 0 Å². The van der Waals surface area contributed by atoms with Crippen molar-refractivity contribution in [1.29, 1.82) is 0 Å². The first-order valence-corrected chi connectivity index (χ1v) is 8.57. The molecule has 0 fully saturated rings. The van der Waals surface area contributed by atoms with Crippen molar-refractivity contribution >= 4 is 29.2 Å². The number of para-hydroxylation sites is 2. The molecule has 0 spiro atoms. The van der Waals surface area contributed by atoms with Gasteiger partial charge in [0.15, 0.2) is 6.10 Å². The summed E-state index contributed by atoms with van der Waals surface area (Å²) in [4.78, 5) is 37.5. The lowest BCUT2D eigenvalue weighted by Crippen LogP contribution is -2.45. The van der Waals surface area contributed by atoms with Crippen molar-refractivity contribution in [2.24, 2.45) is 0 Å². The highest BCUT2D eigenvalue weighted by Gasteiger charge is 2.31. The molecule has 27 heavy (non-hydrogen) atoms. The molecule has 1 heterocycles. The molecule has 2 aromatic rings. The van der Waals surface area contributed by atoms with Crippen molar-refractivity contribution in [1.82, 2.24) is 0 Å². The molecule has 1 aliphatic rings. The molecule has 1 unspecified atom stereocenters. The van der Waals surface area contributed by atoms with Gasteiger partial charge in [0.05, 0.1) is 11.3 Å². The van der Waals surface area contributed by atoms with Crippen LogP contribution in [0, 0.1) is 6.92 Å². The fourth-order valence-electron chi connectivity index (χ4n) is 2.96. The van der Waals surface area contributed by atoms with Crippen molar-refractivity contribution in [2.45, 2.75) is 26.4 Å². The van der Waals surface area contributed by atoms with Gasteiger partial charge in [-0.2, -0.15) is 0 Å². The van der Waals surface area contributed by atoms with Crippen LogP contribution in [0.1, 0.15) is 29.3 Å². The second kappa shape index (κ2) is 7.49. The number of carbonyl (C=O) groups is 3. The quantitative estimate of drug-likeness (QED) is 0.846. The van der Waals surface area contributed by atoms with Gasteiger partial charge in [0.1, 0.15) is 5.75 Å². The molecule has 0 bridgehead atoms. The minimum absolute atomic E-state index is 0.0725. The summed E-state index contributed by atoms with van der Waals surface area (Å²) in [5, 5.41) is 11.9. The van der Waals surface area contributed by atoms with Crippen molar-refractivity contribution in [3.8, 4) is 5.75 Å². The van der Waals surface area contributed by atoms with Crippen LogP contribution in [0.25, 0.3) is 0 Å². The second-order valence-electron chi connectivity index (χ2n) is 6.35. The van der Waals surface area contributed by atoms with E-state index in [0.29, 0.717) is 22.7 Å². The van der Waals surface area contributed by atoms with Crippen LogP contribution in [0.3, 0.4) is 0 Å². The number of carboxylic acids is 1. The first-order chi connectivity index (χ1) is 12.9. The number of rotatable bonds is 5. The number of nitrogens with zero attached hydrogens (tertiary/aromatic N) is 1. The molecule has 3 rings (SSSR count). The summed E-state index contributed by atoms with van der Waals surface area (Å²) in [6.07, 6.45) is -0.540. The minimum atomic E-state index is -1.05. The van der Waals surface area contributed by atoms with Gasteiger partial charge in [0, 0.05) is 18.7 Å². The molecule has 2 aromatic carbocycles. The first kappa shape index (κ1) is 18.4. The van der Waals surface area contributed by atoms with Gasteiger partial charge in [-0.25, -0.2) is 4.79 Å². The van der Waals surface area contributed by atoms with E-state index < -0.39 is 12.1 Å². The van der Waals surface area contributed by atoms with Crippen molar-refractivity contribution in [2.75, 3.05) is 16.8 Å². The third kappa shape index (κ3) is 3.92. The molecule has 7 heteroatoms. The molecule has 7 nitrogen and oxygen atoms in total. The Morgan fingerprint density at radius 2 is 1.96 bits per heavy atom. The van der Waals surface area contributed by atoms with E-state index in [1.54, 1.807) is 49.1 Å². The van der Waals surface area contributed by atoms with Gasteiger partial charge < -0.3 is 20.1 Å². The van der Waals surface area contributed by atoms with Crippen LogP contribution in [0.2, 0.25) is 0 Å². The molecular weight excluding hydrogens is 348 g/mol. The van der Waals surface area contributed by atoms with Crippen molar-refractivity contribution in [3.05, 3.63) is 53.6 Å². The molecule has 0 aliphatic carbocycles. The standard InChI is InChI=1S/C20H20N2O5/c1-12-7-8-14(11-15(12)20(25)26)21-18(23)9-10-22-16-5-3-4-6-17(16)27-13(2)19(22)24/h3-8,11,13H,9-10H2,1-2H3,(H,21,23)(H,25,26). The zero-order valence-corrected chi connectivity index (χ0v) is 15.1. The molecule has 1 atom stereocenters. The van der Waals surface area contributed by atoms with Gasteiger partial charge in [0.25, 0.3) is 5.91 Å². The molecular formula is C20H20N2O5. The van der Waals surface area contributed by atoms with Crippen LogP contribution < -0.4 is 15.0 Å². The van der Waals surface area contributed by atoms with Crippen LogP contribution in [0.4, 0.5) is 11.4 Å². The topological polar surface area (TPSA) is 95.9 Å². The first-order valence-electron chi connectivity index (χ1n) is 8.57. The van der Waals surface area contributed by atoms with Gasteiger partial charge in [-0.05, 0) is 43.7 Å². The normalized spacial score (nSPS) is 15.7. The van der Waals surface area contributed by atoms with E-state index in [0.717, 1.165) is 0 Å². The average molecular weight is 368 g/mol. The Balaban J connectivity index is 1.68. The van der Waals surface area contributed by atoms with E-state index in [9.17, 15) is 19.5 Å². The fraction of sp³-hybridized carbons (Fsp3) is 0.250. The Labute approximate surface area is 156 Å². The van der Waals surface area contributed by atoms with Gasteiger partial charge in [-0.15, -0.1) is 0 Å². The number of amides is 2. The van der Waals surface area contributed by atoms with E-state index >= 15 is 0 Å². The van der Waals surface area contributed by atoms with Crippen molar-refractivity contribution in [3.63, 3.8) is 0 Å². The number of hydrogen-bond acceptors (Lipinski definition) is 4. The predicted octanol–water partition coefficient (Wildman–Crippen LogP) is 2.84. The lowest BCUT2D eigenvalue weighted by atomic mass is 10.1. The highest BCUT2D eigenvalue weighted by Crippen LogP contribution is 2.33. The zero-order chi connectivity index (χ0) is 19.6. The summed E-state index contributed by atoms with van der Waals surface area (Å²) in [6.45, 7) is 3.57. The molecule has 2 N–H and O–H groups in total. The van der Waals surface area contributed by atoms with Gasteiger partial charge in [0.2, 0.25) is 5.91 Å². The summed E-state index contributed by atoms with van der Waals surface area (Å²) in [5.41, 5.74) is 1.80. The van der Waals surface area contributed by atoms with E-state index in [1.807, 2.05) is 6.07 Å². The molecule has 0 saturated heterocycles. The molecule has 1 aliphatic heterocycles. The van der Waals surface area contributed by atoms with Crippen LogP contribution in [0.5, 0.6) is 5.75 Å². The number of carboxylic acid groups (broad SMARTS) is 1. The zero-order valence-electron chi connectivity index (χ0n) is 15.1. The number of benzene rings is 2. The number of aromatic carboxylic acids is 1. The number of carbonyl (C=O) groups excluding carboxylic acids is 2. The van der Waals surface area contributed by atoms with E-state index in [4.69, 9.17) is 4.74 Å². The van der Waals surface area contributed by atoms with Crippen LogP contribution in [-0.2, 0) is 9.59 Å². The van der Waals surface area contributed by atoms with Gasteiger partial charge >= 0.3 is 5.97 Å². The number of anilines is 2. The largest absolute Gasteiger partial charge is 0.479 e. The van der Waals surface area contributed by atoms with Crippen LogP contribution in [0.15, 0.2) is 42.5 Å². The molecule has 140 valence electrons. The SMILES string of the molecule is Cc1ccc(NC(=O)CCN2C(=O)C(C)Oc3ccccc32)cc1C(=O)O. The number of fused-ring (bicyclic) bond motifs is 1. The molecule has 0 radical (unpaired) electrons. The van der Waals surface area contributed by atoms with E-state index in [2.05, 4.69) is 5.32 Å². The third-order valence-electron chi connectivity index (χ3n) is 4.39. The molecule has 2 amide bonds. The smallest absolute Gasteiger partial charge is 0.336 e. The molecule has 0 aromatic heterocycles. The van der Waals surface area contributed by atoms with Crippen molar-refractivity contribution < 1.29 is 24.2 Å². The minimum Gasteiger partial charge on any atom is -0.479 e. The lowest BCUT2D eigenvalue weighted by Gasteiger charge is -2.32. The number of ether oxygens (including phenoxy) is 1. The number of aryl methyl sites for hydroxylation is 1. The highest BCUT2D eigenvalue weighted by molar-refractivity contribution is 6.01. The summed E-state index contributed by atoms with van der Waals surface area (Å²) in [5.74, 6) is -0.952.